The van der Waals surface area contributed by atoms with Crippen molar-refractivity contribution in [1.82, 2.24) is 4.90 Å². The first kappa shape index (κ1) is 14.9. The molecule has 5 heteroatoms. The highest BCUT2D eigenvalue weighted by molar-refractivity contribution is 5.90. The van der Waals surface area contributed by atoms with Crippen LogP contribution in [0.25, 0.3) is 0 Å². The highest BCUT2D eigenvalue weighted by Crippen LogP contribution is 2.34. The summed E-state index contributed by atoms with van der Waals surface area (Å²) < 4.78 is 13.0. The molecule has 20 heavy (non-hydrogen) atoms. The lowest BCUT2D eigenvalue weighted by Crippen LogP contribution is -2.40. The van der Waals surface area contributed by atoms with Gasteiger partial charge in [0, 0.05) is 31.2 Å². The summed E-state index contributed by atoms with van der Waals surface area (Å²) in [5.74, 6) is 0.238. The maximum absolute atomic E-state index is 13.0. The van der Waals surface area contributed by atoms with Gasteiger partial charge in [0.15, 0.2) is 0 Å². The lowest BCUT2D eigenvalue weighted by molar-refractivity contribution is -0.116. The van der Waals surface area contributed by atoms with Crippen LogP contribution in [-0.4, -0.2) is 37.0 Å². The van der Waals surface area contributed by atoms with E-state index in [0.29, 0.717) is 37.2 Å². The SMILES string of the molecule is CN(CCC(=O)Nc1cccc(F)c1)C(CN)C1CC1. The van der Waals surface area contributed by atoms with Gasteiger partial charge in [-0.05, 0) is 44.0 Å². The Labute approximate surface area is 119 Å². The van der Waals surface area contributed by atoms with Gasteiger partial charge in [0.25, 0.3) is 0 Å². The molecule has 1 fully saturated rings. The number of carbonyl (C=O) groups excluding carboxylic acids is 1. The van der Waals surface area contributed by atoms with Crippen molar-refractivity contribution in [3.63, 3.8) is 0 Å². The molecule has 2 rings (SSSR count). The fourth-order valence-corrected chi connectivity index (χ4v) is 2.45. The first-order valence-electron chi connectivity index (χ1n) is 7.06. The Morgan fingerprint density at radius 3 is 2.90 bits per heavy atom. The molecule has 0 heterocycles. The van der Waals surface area contributed by atoms with Crippen molar-refractivity contribution >= 4 is 11.6 Å². The molecule has 1 aromatic carbocycles. The molecule has 1 aliphatic rings. The Balaban J connectivity index is 1.77. The Hall–Kier alpha value is -1.46. The number of nitrogens with zero attached hydrogens (tertiary/aromatic N) is 1. The molecule has 4 nitrogen and oxygen atoms in total. The van der Waals surface area contributed by atoms with Crippen molar-refractivity contribution in [2.75, 3.05) is 25.5 Å². The molecule has 1 aromatic rings. The fourth-order valence-electron chi connectivity index (χ4n) is 2.45. The number of hydrogen-bond acceptors (Lipinski definition) is 3. The van der Waals surface area contributed by atoms with Crippen LogP contribution in [0, 0.1) is 11.7 Å². The number of benzene rings is 1. The zero-order valence-electron chi connectivity index (χ0n) is 11.8. The lowest BCUT2D eigenvalue weighted by Gasteiger charge is -2.26. The Bertz CT molecular complexity index is 462. The second kappa shape index (κ2) is 6.81. The molecule has 0 bridgehead atoms. The second-order valence-electron chi connectivity index (χ2n) is 5.43. The largest absolute Gasteiger partial charge is 0.329 e. The summed E-state index contributed by atoms with van der Waals surface area (Å²) >= 11 is 0. The number of nitrogens with one attached hydrogen (secondary N) is 1. The summed E-state index contributed by atoms with van der Waals surface area (Å²) in [4.78, 5) is 14.0. The Kier molecular flexibility index (Phi) is 5.09. The van der Waals surface area contributed by atoms with Crippen LogP contribution in [0.3, 0.4) is 0 Å². The van der Waals surface area contributed by atoms with Crippen LogP contribution in [0.1, 0.15) is 19.3 Å². The van der Waals surface area contributed by atoms with Gasteiger partial charge in [-0.3, -0.25) is 4.79 Å². The van der Waals surface area contributed by atoms with E-state index in [0.717, 1.165) is 0 Å². The molecule has 1 amide bonds. The smallest absolute Gasteiger partial charge is 0.225 e. The van der Waals surface area contributed by atoms with Gasteiger partial charge in [0.05, 0.1) is 0 Å². The molecular weight excluding hydrogens is 257 g/mol. The maximum atomic E-state index is 13.0. The molecule has 0 radical (unpaired) electrons. The van der Waals surface area contributed by atoms with E-state index in [1.165, 1.54) is 25.0 Å². The number of anilines is 1. The van der Waals surface area contributed by atoms with E-state index in [-0.39, 0.29) is 11.7 Å². The molecule has 0 aliphatic heterocycles. The summed E-state index contributed by atoms with van der Waals surface area (Å²) in [7, 11) is 2.01. The minimum atomic E-state index is -0.350. The third-order valence-electron chi connectivity index (χ3n) is 3.77. The van der Waals surface area contributed by atoms with E-state index in [1.807, 2.05) is 7.05 Å². The minimum absolute atomic E-state index is 0.103. The van der Waals surface area contributed by atoms with E-state index < -0.39 is 0 Å². The van der Waals surface area contributed by atoms with Crippen molar-refractivity contribution in [2.24, 2.45) is 11.7 Å². The van der Waals surface area contributed by atoms with E-state index in [1.54, 1.807) is 12.1 Å². The molecule has 1 atom stereocenters. The first-order valence-corrected chi connectivity index (χ1v) is 7.06. The number of carbonyl (C=O) groups is 1. The molecular formula is C15H22FN3O. The van der Waals surface area contributed by atoms with Gasteiger partial charge in [-0.1, -0.05) is 6.07 Å². The third-order valence-corrected chi connectivity index (χ3v) is 3.77. The van der Waals surface area contributed by atoms with Crippen molar-refractivity contribution < 1.29 is 9.18 Å². The van der Waals surface area contributed by atoms with Crippen LogP contribution in [0.5, 0.6) is 0 Å². The number of amides is 1. The second-order valence-corrected chi connectivity index (χ2v) is 5.43. The van der Waals surface area contributed by atoms with Gasteiger partial charge >= 0.3 is 0 Å². The lowest BCUT2D eigenvalue weighted by atomic mass is 10.1. The van der Waals surface area contributed by atoms with Crippen LogP contribution in [-0.2, 0) is 4.79 Å². The average Bonchev–Trinajstić information content (AvgIpc) is 3.22. The third kappa shape index (κ3) is 4.28. The van der Waals surface area contributed by atoms with Gasteiger partial charge in [-0.25, -0.2) is 4.39 Å². The van der Waals surface area contributed by atoms with E-state index in [9.17, 15) is 9.18 Å². The molecule has 1 aliphatic carbocycles. The first-order chi connectivity index (χ1) is 9.60. The maximum Gasteiger partial charge on any atom is 0.225 e. The number of hydrogen-bond donors (Lipinski definition) is 2. The van der Waals surface area contributed by atoms with Crippen LogP contribution in [0.15, 0.2) is 24.3 Å². The molecule has 0 aromatic heterocycles. The molecule has 0 saturated heterocycles. The number of nitrogens with two attached hydrogens (primary N) is 1. The van der Waals surface area contributed by atoms with E-state index in [4.69, 9.17) is 5.73 Å². The Morgan fingerprint density at radius 1 is 1.55 bits per heavy atom. The van der Waals surface area contributed by atoms with Crippen molar-refractivity contribution in [3.8, 4) is 0 Å². The van der Waals surface area contributed by atoms with Crippen molar-refractivity contribution in [2.45, 2.75) is 25.3 Å². The molecule has 110 valence electrons. The Morgan fingerprint density at radius 2 is 2.30 bits per heavy atom. The van der Waals surface area contributed by atoms with E-state index >= 15 is 0 Å². The topological polar surface area (TPSA) is 58.4 Å². The monoisotopic (exact) mass is 279 g/mol. The van der Waals surface area contributed by atoms with Crippen molar-refractivity contribution in [3.05, 3.63) is 30.1 Å². The van der Waals surface area contributed by atoms with Gasteiger partial charge in [-0.15, -0.1) is 0 Å². The summed E-state index contributed by atoms with van der Waals surface area (Å²) in [5.41, 5.74) is 6.27. The average molecular weight is 279 g/mol. The highest BCUT2D eigenvalue weighted by atomic mass is 19.1. The van der Waals surface area contributed by atoms with Crippen LogP contribution < -0.4 is 11.1 Å². The zero-order valence-corrected chi connectivity index (χ0v) is 11.8. The predicted octanol–water partition coefficient (Wildman–Crippen LogP) is 1.82. The number of likely N-dealkylation sites (N-methyl/N-ethyl adjacent to an activating group) is 1. The molecule has 1 unspecified atom stereocenters. The summed E-state index contributed by atoms with van der Waals surface area (Å²) in [6.07, 6.45) is 2.86. The van der Waals surface area contributed by atoms with Gasteiger partial charge in [0.2, 0.25) is 5.91 Å². The quantitative estimate of drug-likeness (QED) is 0.800. The number of rotatable bonds is 7. The van der Waals surface area contributed by atoms with Gasteiger partial charge < -0.3 is 16.0 Å². The summed E-state index contributed by atoms with van der Waals surface area (Å²) in [6.45, 7) is 1.30. The fraction of sp³-hybridized carbons (Fsp3) is 0.533. The molecule has 1 saturated carbocycles. The normalized spacial score (nSPS) is 16.2. The van der Waals surface area contributed by atoms with Crippen LogP contribution in [0.4, 0.5) is 10.1 Å². The predicted molar refractivity (Wildman–Crippen MR) is 77.8 cm³/mol. The highest BCUT2D eigenvalue weighted by Gasteiger charge is 2.32. The van der Waals surface area contributed by atoms with E-state index in [2.05, 4.69) is 10.2 Å². The van der Waals surface area contributed by atoms with Crippen molar-refractivity contribution in [1.29, 1.82) is 0 Å². The summed E-state index contributed by atoms with van der Waals surface area (Å²) in [5, 5.41) is 2.70. The zero-order chi connectivity index (χ0) is 14.5. The standard InChI is InChI=1S/C15H22FN3O/c1-19(14(10-17)11-5-6-11)8-7-15(20)18-13-4-2-3-12(16)9-13/h2-4,9,11,14H,5-8,10,17H2,1H3,(H,18,20). The van der Waals surface area contributed by atoms with Crippen LogP contribution in [0.2, 0.25) is 0 Å². The molecule has 0 spiro atoms. The number of halogens is 1. The van der Waals surface area contributed by atoms with Gasteiger partial charge in [-0.2, -0.15) is 0 Å². The minimum Gasteiger partial charge on any atom is -0.329 e. The summed E-state index contributed by atoms with van der Waals surface area (Å²) in [6, 6.07) is 6.29. The van der Waals surface area contributed by atoms with Gasteiger partial charge in [0.1, 0.15) is 5.82 Å². The molecule has 3 N–H and O–H groups in total. The van der Waals surface area contributed by atoms with Crippen LogP contribution >= 0.6 is 0 Å².